The average molecular weight is 480 g/mol. The van der Waals surface area contributed by atoms with Crippen LogP contribution < -0.4 is 5.69 Å². The van der Waals surface area contributed by atoms with Crippen LogP contribution in [0.2, 0.25) is 0 Å². The summed E-state index contributed by atoms with van der Waals surface area (Å²) < 4.78 is 4.26. The van der Waals surface area contributed by atoms with Gasteiger partial charge in [-0.1, -0.05) is 35.0 Å². The van der Waals surface area contributed by atoms with Crippen LogP contribution in [0.15, 0.2) is 58.1 Å². The van der Waals surface area contributed by atoms with Crippen molar-refractivity contribution in [3.05, 3.63) is 79.8 Å². The van der Waals surface area contributed by atoms with Crippen LogP contribution in [0, 0.1) is 6.92 Å². The average Bonchev–Trinajstić information content (AvgIpc) is 3.34. The van der Waals surface area contributed by atoms with E-state index in [2.05, 4.69) is 39.9 Å². The van der Waals surface area contributed by atoms with Gasteiger partial charge in [0.1, 0.15) is 4.83 Å². The van der Waals surface area contributed by atoms with Gasteiger partial charge in [-0.25, -0.2) is 9.78 Å². The Balaban J connectivity index is 1.82. The molecular weight excluding hydrogens is 462 g/mol. The van der Waals surface area contributed by atoms with E-state index in [1.165, 1.54) is 15.0 Å². The highest BCUT2D eigenvalue weighted by Gasteiger charge is 2.21. The Morgan fingerprint density at radius 3 is 2.67 bits per heavy atom. The number of hydrogen-bond acceptors (Lipinski definition) is 5. The lowest BCUT2D eigenvalue weighted by Gasteiger charge is -2.09. The van der Waals surface area contributed by atoms with Crippen LogP contribution in [0.25, 0.3) is 27.3 Å². The van der Waals surface area contributed by atoms with Crippen molar-refractivity contribution >= 4 is 43.1 Å². The molecule has 1 aromatic carbocycles. The molecule has 150 valence electrons. The van der Waals surface area contributed by atoms with Gasteiger partial charge >= 0.3 is 5.69 Å². The topological polar surface area (TPSA) is 65.1 Å². The maximum atomic E-state index is 13.5. The first-order chi connectivity index (χ1) is 14.6. The first kappa shape index (κ1) is 19.1. The molecule has 8 heteroatoms. The van der Waals surface area contributed by atoms with Gasteiger partial charge in [0.05, 0.1) is 11.9 Å². The molecule has 0 fully saturated rings. The summed E-state index contributed by atoms with van der Waals surface area (Å²) in [4.78, 5) is 24.5. The molecule has 0 radical (unpaired) electrons. The summed E-state index contributed by atoms with van der Waals surface area (Å²) in [5.41, 5.74) is 3.49. The van der Waals surface area contributed by atoms with Crippen molar-refractivity contribution < 1.29 is 0 Å². The second-order valence-electron chi connectivity index (χ2n) is 7.08. The minimum atomic E-state index is -0.188. The largest absolute Gasteiger partial charge is 0.352 e. The van der Waals surface area contributed by atoms with E-state index in [0.29, 0.717) is 18.0 Å². The third-order valence-electron chi connectivity index (χ3n) is 5.21. The quantitative estimate of drug-likeness (QED) is 0.369. The van der Waals surface area contributed by atoms with E-state index < -0.39 is 0 Å². The van der Waals surface area contributed by atoms with Crippen LogP contribution in [0.4, 0.5) is 0 Å². The van der Waals surface area contributed by atoms with Gasteiger partial charge in [-0.15, -0.1) is 16.4 Å². The van der Waals surface area contributed by atoms with Crippen molar-refractivity contribution in [1.29, 1.82) is 0 Å². The molecule has 5 aromatic rings. The molecule has 0 bridgehead atoms. The van der Waals surface area contributed by atoms with Gasteiger partial charge in [0.15, 0.2) is 11.5 Å². The zero-order valence-electron chi connectivity index (χ0n) is 16.5. The van der Waals surface area contributed by atoms with E-state index in [9.17, 15) is 4.79 Å². The minimum absolute atomic E-state index is 0.188. The Morgan fingerprint density at radius 1 is 1.17 bits per heavy atom. The smallest absolute Gasteiger partial charge is 0.278 e. The SMILES string of the molecule is CCc1c(C)sc2c1c1nc(-c3cccnc3)nn1c(=O)n2Cc1ccc(Br)cc1. The fourth-order valence-electron chi connectivity index (χ4n) is 3.75. The normalized spacial score (nSPS) is 11.6. The molecule has 0 amide bonds. The number of benzene rings is 1. The molecule has 0 saturated heterocycles. The van der Waals surface area contributed by atoms with Crippen LogP contribution >= 0.6 is 27.3 Å². The lowest BCUT2D eigenvalue weighted by molar-refractivity contribution is 0.720. The number of halogens is 1. The van der Waals surface area contributed by atoms with Gasteiger partial charge in [-0.3, -0.25) is 9.55 Å². The third-order valence-corrected chi connectivity index (χ3v) is 6.90. The number of aryl methyl sites for hydroxylation is 2. The molecule has 6 nitrogen and oxygen atoms in total. The summed E-state index contributed by atoms with van der Waals surface area (Å²) in [5.74, 6) is 0.508. The van der Waals surface area contributed by atoms with Gasteiger partial charge in [0, 0.05) is 27.3 Å². The van der Waals surface area contributed by atoms with E-state index in [0.717, 1.165) is 32.2 Å². The maximum Gasteiger partial charge on any atom is 0.352 e. The first-order valence-electron chi connectivity index (χ1n) is 9.63. The van der Waals surface area contributed by atoms with Gasteiger partial charge < -0.3 is 0 Å². The number of aromatic nitrogens is 5. The predicted octanol–water partition coefficient (Wildman–Crippen LogP) is 4.85. The van der Waals surface area contributed by atoms with Crippen LogP contribution in [0.1, 0.15) is 22.9 Å². The van der Waals surface area contributed by atoms with Crippen molar-refractivity contribution in [1.82, 2.24) is 24.1 Å². The van der Waals surface area contributed by atoms with Crippen LogP contribution in [-0.4, -0.2) is 24.1 Å². The second kappa shape index (κ2) is 7.45. The molecule has 4 aromatic heterocycles. The number of hydrogen-bond donors (Lipinski definition) is 0. The third kappa shape index (κ3) is 3.07. The highest BCUT2D eigenvalue weighted by Crippen LogP contribution is 2.33. The van der Waals surface area contributed by atoms with Gasteiger partial charge in [0.2, 0.25) is 0 Å². The molecule has 30 heavy (non-hydrogen) atoms. The Kier molecular flexibility index (Phi) is 4.75. The summed E-state index contributed by atoms with van der Waals surface area (Å²) in [6.07, 6.45) is 4.29. The molecule has 0 saturated carbocycles. The van der Waals surface area contributed by atoms with Gasteiger partial charge in [0.25, 0.3) is 0 Å². The highest BCUT2D eigenvalue weighted by atomic mass is 79.9. The van der Waals surface area contributed by atoms with Crippen molar-refractivity contribution in [3.63, 3.8) is 0 Å². The fourth-order valence-corrected chi connectivity index (χ4v) is 5.24. The van der Waals surface area contributed by atoms with Crippen LogP contribution in [-0.2, 0) is 13.0 Å². The van der Waals surface area contributed by atoms with E-state index in [1.807, 2.05) is 41.0 Å². The zero-order valence-corrected chi connectivity index (χ0v) is 18.9. The fraction of sp³-hybridized carbons (Fsp3) is 0.182. The minimum Gasteiger partial charge on any atom is -0.278 e. The molecule has 4 heterocycles. The van der Waals surface area contributed by atoms with Gasteiger partial charge in [-0.05, 0) is 48.7 Å². The molecule has 0 aliphatic carbocycles. The van der Waals surface area contributed by atoms with E-state index >= 15 is 0 Å². The molecule has 5 rings (SSSR count). The molecular formula is C22H18BrN5OS. The monoisotopic (exact) mass is 479 g/mol. The van der Waals surface area contributed by atoms with Crippen molar-refractivity contribution in [2.75, 3.05) is 0 Å². The Bertz CT molecular complexity index is 1430. The van der Waals surface area contributed by atoms with Crippen molar-refractivity contribution in [3.8, 4) is 11.4 Å². The molecule has 0 aliphatic rings. The van der Waals surface area contributed by atoms with Crippen LogP contribution in [0.3, 0.4) is 0 Å². The summed E-state index contributed by atoms with van der Waals surface area (Å²) in [5, 5.41) is 5.58. The van der Waals surface area contributed by atoms with Gasteiger partial charge in [-0.2, -0.15) is 4.52 Å². The Hall–Kier alpha value is -2.84. The van der Waals surface area contributed by atoms with Crippen molar-refractivity contribution in [2.45, 2.75) is 26.8 Å². The predicted molar refractivity (Wildman–Crippen MR) is 123 cm³/mol. The summed E-state index contributed by atoms with van der Waals surface area (Å²) >= 11 is 5.12. The van der Waals surface area contributed by atoms with E-state index in [-0.39, 0.29) is 5.69 Å². The maximum absolute atomic E-state index is 13.5. The number of fused-ring (bicyclic) bond motifs is 3. The summed E-state index contributed by atoms with van der Waals surface area (Å²) in [6, 6.07) is 11.8. The first-order valence-corrected chi connectivity index (χ1v) is 11.2. The zero-order chi connectivity index (χ0) is 20.8. The lowest BCUT2D eigenvalue weighted by atomic mass is 10.1. The number of thiophene rings is 1. The molecule has 0 aliphatic heterocycles. The number of rotatable bonds is 4. The number of nitrogens with zero attached hydrogens (tertiary/aromatic N) is 5. The molecule has 0 N–H and O–H groups in total. The molecule has 0 spiro atoms. The second-order valence-corrected chi connectivity index (χ2v) is 9.20. The van der Waals surface area contributed by atoms with Crippen molar-refractivity contribution in [2.24, 2.45) is 0 Å². The van der Waals surface area contributed by atoms with Crippen LogP contribution in [0.5, 0.6) is 0 Å². The standard InChI is InChI=1S/C22H18BrN5OS/c1-3-17-13(2)30-21-18(17)20-25-19(15-5-4-10-24-11-15)26-28(20)22(29)27(21)12-14-6-8-16(23)9-7-14/h4-11H,3,12H2,1-2H3. The van der Waals surface area contributed by atoms with E-state index in [1.54, 1.807) is 23.7 Å². The summed E-state index contributed by atoms with van der Waals surface area (Å²) in [7, 11) is 0. The molecule has 0 atom stereocenters. The Morgan fingerprint density at radius 2 is 1.97 bits per heavy atom. The lowest BCUT2D eigenvalue weighted by Crippen LogP contribution is -2.28. The number of pyridine rings is 1. The van der Waals surface area contributed by atoms with E-state index in [4.69, 9.17) is 4.98 Å². The highest BCUT2D eigenvalue weighted by molar-refractivity contribution is 9.10. The summed E-state index contributed by atoms with van der Waals surface area (Å²) in [6.45, 7) is 4.71. The molecule has 0 unspecified atom stereocenters. The Labute approximate surface area is 185 Å².